The Morgan fingerprint density at radius 3 is 3.00 bits per heavy atom. The molecule has 3 N–H and O–H groups in total. The van der Waals surface area contributed by atoms with Crippen molar-refractivity contribution in [1.82, 2.24) is 14.8 Å². The molecule has 0 spiro atoms. The van der Waals surface area contributed by atoms with Crippen molar-refractivity contribution >= 4 is 5.82 Å². The molecule has 0 radical (unpaired) electrons. The predicted molar refractivity (Wildman–Crippen MR) is 76.5 cm³/mol. The lowest BCUT2D eigenvalue weighted by molar-refractivity contribution is 0.0456. The highest BCUT2D eigenvalue weighted by atomic mass is 15.3. The molecular weight excluding hydrogens is 238 g/mol. The maximum Gasteiger partial charge on any atom is 0.139 e. The van der Waals surface area contributed by atoms with Crippen LogP contribution < -0.4 is 11.3 Å². The molecule has 1 aromatic heterocycles. The largest absolute Gasteiger partial charge is 0.308 e. The Balaban J connectivity index is 1.57. The molecule has 0 aromatic carbocycles. The second-order valence-electron chi connectivity index (χ2n) is 5.62. The maximum absolute atomic E-state index is 5.33. The number of rotatable bonds is 3. The number of piperazine rings is 1. The number of nitrogen functional groups attached to an aromatic ring is 1. The number of pyridine rings is 1. The zero-order valence-electron chi connectivity index (χ0n) is 11.4. The van der Waals surface area contributed by atoms with Gasteiger partial charge in [-0.2, -0.15) is 0 Å². The average molecular weight is 261 g/mol. The van der Waals surface area contributed by atoms with E-state index >= 15 is 0 Å². The zero-order valence-corrected chi connectivity index (χ0v) is 11.4. The average Bonchev–Trinajstić information content (AvgIpc) is 2.48. The molecule has 3 rings (SSSR count). The molecule has 1 aromatic rings. The molecule has 3 heterocycles. The van der Waals surface area contributed by atoms with Crippen molar-refractivity contribution in [3.8, 4) is 0 Å². The summed E-state index contributed by atoms with van der Waals surface area (Å²) in [5, 5.41) is 0. The van der Waals surface area contributed by atoms with Gasteiger partial charge in [0.05, 0.1) is 0 Å². The van der Waals surface area contributed by atoms with Crippen molar-refractivity contribution in [2.24, 2.45) is 5.84 Å². The number of fused-ring (bicyclic) bond motifs is 1. The van der Waals surface area contributed by atoms with Crippen LogP contribution >= 0.6 is 0 Å². The van der Waals surface area contributed by atoms with E-state index in [1.54, 1.807) is 0 Å². The summed E-state index contributed by atoms with van der Waals surface area (Å²) >= 11 is 0. The van der Waals surface area contributed by atoms with Gasteiger partial charge < -0.3 is 5.43 Å². The number of nitrogens with zero attached hydrogens (tertiary/aromatic N) is 3. The lowest BCUT2D eigenvalue weighted by Gasteiger charge is -2.44. The Kier molecular flexibility index (Phi) is 3.96. The van der Waals surface area contributed by atoms with Crippen LogP contribution in [0.3, 0.4) is 0 Å². The summed E-state index contributed by atoms with van der Waals surface area (Å²) in [5.41, 5.74) is 3.83. The van der Waals surface area contributed by atoms with Crippen LogP contribution in [0.25, 0.3) is 0 Å². The summed E-state index contributed by atoms with van der Waals surface area (Å²) in [5.74, 6) is 6.05. The van der Waals surface area contributed by atoms with Gasteiger partial charge >= 0.3 is 0 Å². The topological polar surface area (TPSA) is 57.4 Å². The number of nitrogens with one attached hydrogen (secondary N) is 1. The van der Waals surface area contributed by atoms with Crippen molar-refractivity contribution in [3.05, 3.63) is 23.9 Å². The fourth-order valence-electron chi connectivity index (χ4n) is 3.23. The molecule has 0 aliphatic carbocycles. The first-order valence-corrected chi connectivity index (χ1v) is 7.23. The van der Waals surface area contributed by atoms with Gasteiger partial charge in [-0.15, -0.1) is 0 Å². The highest BCUT2D eigenvalue weighted by Crippen LogP contribution is 2.22. The summed E-state index contributed by atoms with van der Waals surface area (Å²) in [4.78, 5) is 9.49. The second kappa shape index (κ2) is 5.86. The number of aromatic nitrogens is 1. The molecule has 5 heteroatoms. The van der Waals surface area contributed by atoms with Crippen molar-refractivity contribution in [3.63, 3.8) is 0 Å². The number of piperidine rings is 1. The Morgan fingerprint density at radius 2 is 2.21 bits per heavy atom. The Labute approximate surface area is 114 Å². The van der Waals surface area contributed by atoms with Crippen molar-refractivity contribution < 1.29 is 0 Å². The van der Waals surface area contributed by atoms with Gasteiger partial charge in [-0.3, -0.25) is 9.80 Å². The second-order valence-corrected chi connectivity index (χ2v) is 5.62. The van der Waals surface area contributed by atoms with Gasteiger partial charge in [0, 0.05) is 38.4 Å². The molecule has 104 valence electrons. The summed E-state index contributed by atoms with van der Waals surface area (Å²) in [6.07, 6.45) is 6.06. The summed E-state index contributed by atoms with van der Waals surface area (Å²) < 4.78 is 0. The van der Waals surface area contributed by atoms with E-state index in [1.807, 2.05) is 12.3 Å². The van der Waals surface area contributed by atoms with E-state index in [2.05, 4.69) is 26.3 Å². The molecule has 2 aliphatic heterocycles. The molecule has 1 unspecified atom stereocenters. The van der Waals surface area contributed by atoms with Gasteiger partial charge in [0.2, 0.25) is 0 Å². The Hall–Kier alpha value is -1.17. The van der Waals surface area contributed by atoms with Gasteiger partial charge in [-0.25, -0.2) is 10.8 Å². The first kappa shape index (κ1) is 12.8. The molecular formula is C14H23N5. The molecule has 2 aliphatic rings. The SMILES string of the molecule is NNc1ccc(CN2CCN3CCCCC3C2)cn1. The highest BCUT2D eigenvalue weighted by Gasteiger charge is 2.28. The standard InChI is InChI=1S/C14H23N5/c15-17-14-5-4-12(9-16-14)10-18-7-8-19-6-2-1-3-13(19)11-18/h4-5,9,13H,1-3,6-8,10-11,15H2,(H,16,17). The van der Waals surface area contributed by atoms with Crippen LogP contribution in [-0.2, 0) is 6.54 Å². The van der Waals surface area contributed by atoms with Gasteiger partial charge in [0.15, 0.2) is 0 Å². The van der Waals surface area contributed by atoms with E-state index in [4.69, 9.17) is 5.84 Å². The van der Waals surface area contributed by atoms with Crippen LogP contribution in [0.5, 0.6) is 0 Å². The normalized spacial score (nSPS) is 25.0. The van der Waals surface area contributed by atoms with E-state index < -0.39 is 0 Å². The molecule has 0 bridgehead atoms. The van der Waals surface area contributed by atoms with Crippen molar-refractivity contribution in [2.45, 2.75) is 31.8 Å². The Bertz CT molecular complexity index is 405. The summed E-state index contributed by atoms with van der Waals surface area (Å²) in [7, 11) is 0. The minimum Gasteiger partial charge on any atom is -0.308 e. The van der Waals surface area contributed by atoms with Crippen LogP contribution in [0, 0.1) is 0 Å². The van der Waals surface area contributed by atoms with Crippen molar-refractivity contribution in [1.29, 1.82) is 0 Å². The third-order valence-electron chi connectivity index (χ3n) is 4.30. The van der Waals surface area contributed by atoms with E-state index in [1.165, 1.54) is 51.0 Å². The van der Waals surface area contributed by atoms with Crippen LogP contribution in [0.4, 0.5) is 5.82 Å². The monoisotopic (exact) mass is 261 g/mol. The number of hydrogen-bond donors (Lipinski definition) is 2. The third kappa shape index (κ3) is 3.05. The van der Waals surface area contributed by atoms with E-state index in [9.17, 15) is 0 Å². The van der Waals surface area contributed by atoms with E-state index in [0.29, 0.717) is 0 Å². The molecule has 0 saturated carbocycles. The molecule has 1 atom stereocenters. The smallest absolute Gasteiger partial charge is 0.139 e. The Morgan fingerprint density at radius 1 is 1.26 bits per heavy atom. The van der Waals surface area contributed by atoms with Crippen LogP contribution in [-0.4, -0.2) is 47.0 Å². The lowest BCUT2D eigenvalue weighted by Crippen LogP contribution is -2.54. The summed E-state index contributed by atoms with van der Waals surface area (Å²) in [6.45, 7) is 5.91. The number of anilines is 1. The van der Waals surface area contributed by atoms with Gasteiger partial charge in [0.25, 0.3) is 0 Å². The number of nitrogens with two attached hydrogens (primary N) is 1. The van der Waals surface area contributed by atoms with Gasteiger partial charge in [-0.1, -0.05) is 12.5 Å². The molecule has 0 amide bonds. The lowest BCUT2D eigenvalue weighted by atomic mass is 9.99. The third-order valence-corrected chi connectivity index (χ3v) is 4.30. The van der Waals surface area contributed by atoms with E-state index in [-0.39, 0.29) is 0 Å². The van der Waals surface area contributed by atoms with Gasteiger partial charge in [0.1, 0.15) is 5.82 Å². The molecule has 2 fully saturated rings. The molecule has 5 nitrogen and oxygen atoms in total. The fraction of sp³-hybridized carbons (Fsp3) is 0.643. The maximum atomic E-state index is 5.33. The van der Waals surface area contributed by atoms with Gasteiger partial charge in [-0.05, 0) is 31.0 Å². The first-order valence-electron chi connectivity index (χ1n) is 7.23. The predicted octanol–water partition coefficient (Wildman–Crippen LogP) is 1.04. The highest BCUT2D eigenvalue weighted by molar-refractivity contribution is 5.33. The summed E-state index contributed by atoms with van der Waals surface area (Å²) in [6, 6.07) is 4.82. The van der Waals surface area contributed by atoms with Crippen LogP contribution in [0.15, 0.2) is 18.3 Å². The minimum absolute atomic E-state index is 0.723. The minimum atomic E-state index is 0.723. The van der Waals surface area contributed by atoms with Crippen LogP contribution in [0.1, 0.15) is 24.8 Å². The number of hydrogen-bond acceptors (Lipinski definition) is 5. The molecule has 19 heavy (non-hydrogen) atoms. The quantitative estimate of drug-likeness (QED) is 0.629. The first-order chi connectivity index (χ1) is 9.35. The van der Waals surface area contributed by atoms with E-state index in [0.717, 1.165) is 18.4 Å². The fourth-order valence-corrected chi connectivity index (χ4v) is 3.23. The zero-order chi connectivity index (χ0) is 13.1. The van der Waals surface area contributed by atoms with Crippen LogP contribution in [0.2, 0.25) is 0 Å². The van der Waals surface area contributed by atoms with Crippen molar-refractivity contribution in [2.75, 3.05) is 31.6 Å². The molecule has 2 saturated heterocycles. The number of hydrazine groups is 1.